The van der Waals surface area contributed by atoms with Gasteiger partial charge in [-0.2, -0.15) is 4.98 Å². The summed E-state index contributed by atoms with van der Waals surface area (Å²) in [6.45, 7) is 0. The van der Waals surface area contributed by atoms with Crippen LogP contribution in [-0.2, 0) is 0 Å². The summed E-state index contributed by atoms with van der Waals surface area (Å²) in [5.74, 6) is 0.806. The van der Waals surface area contributed by atoms with E-state index in [1.807, 2.05) is 36.2 Å². The van der Waals surface area contributed by atoms with E-state index < -0.39 is 5.82 Å². The van der Waals surface area contributed by atoms with E-state index in [9.17, 15) is 4.39 Å². The van der Waals surface area contributed by atoms with Gasteiger partial charge in [0.25, 0.3) is 0 Å². The number of nitrogens with one attached hydrogen (secondary N) is 1. The number of benzene rings is 1. The van der Waals surface area contributed by atoms with E-state index in [0.29, 0.717) is 23.7 Å². The van der Waals surface area contributed by atoms with Crippen LogP contribution in [0.15, 0.2) is 47.3 Å². The Morgan fingerprint density at radius 2 is 2.16 bits per heavy atom. The zero-order chi connectivity index (χ0) is 17.2. The van der Waals surface area contributed by atoms with Crippen molar-refractivity contribution in [3.05, 3.63) is 48.7 Å². The van der Waals surface area contributed by atoms with Crippen LogP contribution in [0.1, 0.15) is 19.3 Å². The topological polar surface area (TPSA) is 67.1 Å². The van der Waals surface area contributed by atoms with Crippen LogP contribution in [0.2, 0.25) is 0 Å². The fourth-order valence-electron chi connectivity index (χ4n) is 2.84. The molecule has 128 valence electrons. The van der Waals surface area contributed by atoms with Crippen molar-refractivity contribution in [2.24, 2.45) is 0 Å². The van der Waals surface area contributed by atoms with Crippen LogP contribution in [0.5, 0.6) is 0 Å². The Bertz CT molecular complexity index is 864. The van der Waals surface area contributed by atoms with Crippen molar-refractivity contribution in [1.29, 1.82) is 0 Å². The van der Waals surface area contributed by atoms with E-state index in [1.165, 1.54) is 18.9 Å². The molecule has 1 aliphatic carbocycles. The lowest BCUT2D eigenvalue weighted by molar-refractivity contribution is 0.395. The molecule has 2 heterocycles. The Balaban J connectivity index is 1.57. The second-order valence-corrected chi connectivity index (χ2v) is 6.10. The smallest absolute Gasteiger partial charge is 0.229 e. The van der Waals surface area contributed by atoms with Gasteiger partial charge in [0.05, 0.1) is 12.4 Å². The van der Waals surface area contributed by atoms with Gasteiger partial charge in [0.15, 0.2) is 11.6 Å². The highest BCUT2D eigenvalue weighted by molar-refractivity contribution is 5.64. The molecule has 0 bridgehead atoms. The van der Waals surface area contributed by atoms with Gasteiger partial charge < -0.3 is 14.6 Å². The fraction of sp³-hybridized carbons (Fsp3) is 0.278. The molecule has 0 spiro atoms. The van der Waals surface area contributed by atoms with Gasteiger partial charge in [0.2, 0.25) is 11.8 Å². The molecule has 1 saturated carbocycles. The molecule has 2 aromatic heterocycles. The third-order valence-electron chi connectivity index (χ3n) is 4.48. The summed E-state index contributed by atoms with van der Waals surface area (Å²) in [6.07, 6.45) is 7.65. The Morgan fingerprint density at radius 1 is 1.28 bits per heavy atom. The molecule has 0 atom stereocenters. The first-order valence-electron chi connectivity index (χ1n) is 8.23. The molecular weight excluding hydrogens is 321 g/mol. The molecule has 0 aliphatic heterocycles. The zero-order valence-corrected chi connectivity index (χ0v) is 13.8. The highest BCUT2D eigenvalue weighted by Crippen LogP contribution is 2.29. The molecule has 7 heteroatoms. The van der Waals surface area contributed by atoms with Crippen molar-refractivity contribution in [2.45, 2.75) is 25.3 Å². The summed E-state index contributed by atoms with van der Waals surface area (Å²) in [7, 11) is 1.88. The molecule has 1 fully saturated rings. The van der Waals surface area contributed by atoms with Gasteiger partial charge in [-0.05, 0) is 37.5 Å². The number of rotatable bonds is 5. The van der Waals surface area contributed by atoms with Gasteiger partial charge in [-0.3, -0.25) is 0 Å². The van der Waals surface area contributed by atoms with Crippen LogP contribution >= 0.6 is 0 Å². The number of oxazole rings is 1. The predicted molar refractivity (Wildman–Crippen MR) is 93.3 cm³/mol. The predicted octanol–water partition coefficient (Wildman–Crippen LogP) is 4.00. The molecule has 4 rings (SSSR count). The SMILES string of the molecule is CN(c1nc(Nc2cccc(-c3ncco3)c2)ncc1F)C1CCC1. The number of hydrogen-bond acceptors (Lipinski definition) is 6. The molecular formula is C18H18FN5O. The second kappa shape index (κ2) is 6.51. The Morgan fingerprint density at radius 3 is 2.88 bits per heavy atom. The normalized spacial score (nSPS) is 14.2. The van der Waals surface area contributed by atoms with Gasteiger partial charge in [-0.1, -0.05) is 6.07 Å². The van der Waals surface area contributed by atoms with Crippen molar-refractivity contribution in [1.82, 2.24) is 15.0 Å². The Kier molecular flexibility index (Phi) is 4.05. The van der Waals surface area contributed by atoms with Crippen molar-refractivity contribution in [2.75, 3.05) is 17.3 Å². The molecule has 25 heavy (non-hydrogen) atoms. The average molecular weight is 339 g/mol. The van der Waals surface area contributed by atoms with Crippen molar-refractivity contribution >= 4 is 17.5 Å². The quantitative estimate of drug-likeness (QED) is 0.758. The van der Waals surface area contributed by atoms with Gasteiger partial charge in [0, 0.05) is 24.3 Å². The minimum absolute atomic E-state index is 0.325. The highest BCUT2D eigenvalue weighted by atomic mass is 19.1. The third kappa shape index (κ3) is 3.17. The lowest BCUT2D eigenvalue weighted by Gasteiger charge is -2.35. The zero-order valence-electron chi connectivity index (χ0n) is 13.8. The lowest BCUT2D eigenvalue weighted by Crippen LogP contribution is -2.38. The average Bonchev–Trinajstić information content (AvgIpc) is 3.10. The molecule has 0 radical (unpaired) electrons. The number of nitrogens with zero attached hydrogens (tertiary/aromatic N) is 4. The van der Waals surface area contributed by atoms with Gasteiger partial charge in [-0.15, -0.1) is 0 Å². The van der Waals surface area contributed by atoms with Crippen LogP contribution in [-0.4, -0.2) is 28.0 Å². The number of halogens is 1. The fourth-order valence-corrected chi connectivity index (χ4v) is 2.84. The second-order valence-electron chi connectivity index (χ2n) is 6.10. The van der Waals surface area contributed by atoms with Crippen LogP contribution in [0.4, 0.5) is 21.8 Å². The maximum Gasteiger partial charge on any atom is 0.229 e. The lowest BCUT2D eigenvalue weighted by atomic mass is 9.92. The van der Waals surface area contributed by atoms with Crippen molar-refractivity contribution in [3.63, 3.8) is 0 Å². The van der Waals surface area contributed by atoms with Crippen LogP contribution < -0.4 is 10.2 Å². The monoisotopic (exact) mass is 339 g/mol. The molecule has 0 saturated heterocycles. The van der Waals surface area contributed by atoms with E-state index >= 15 is 0 Å². The number of anilines is 3. The van der Waals surface area contributed by atoms with Crippen LogP contribution in [0.3, 0.4) is 0 Å². The summed E-state index contributed by atoms with van der Waals surface area (Å²) in [6, 6.07) is 7.90. The first-order chi connectivity index (χ1) is 12.2. The Labute approximate surface area is 144 Å². The first kappa shape index (κ1) is 15.6. The van der Waals surface area contributed by atoms with Gasteiger partial charge >= 0.3 is 0 Å². The third-order valence-corrected chi connectivity index (χ3v) is 4.48. The maximum absolute atomic E-state index is 14.1. The summed E-state index contributed by atoms with van der Waals surface area (Å²) >= 11 is 0. The molecule has 0 amide bonds. The van der Waals surface area contributed by atoms with Crippen molar-refractivity contribution < 1.29 is 8.81 Å². The van der Waals surface area contributed by atoms with E-state index in [4.69, 9.17) is 4.42 Å². The van der Waals surface area contributed by atoms with Crippen LogP contribution in [0.25, 0.3) is 11.5 Å². The molecule has 0 unspecified atom stereocenters. The van der Waals surface area contributed by atoms with E-state index in [0.717, 1.165) is 24.1 Å². The van der Waals surface area contributed by atoms with Gasteiger partial charge in [-0.25, -0.2) is 14.4 Å². The molecule has 1 aromatic carbocycles. The summed E-state index contributed by atoms with van der Waals surface area (Å²) < 4.78 is 19.4. The minimum Gasteiger partial charge on any atom is -0.445 e. The number of aromatic nitrogens is 3. The molecule has 1 N–H and O–H groups in total. The van der Waals surface area contributed by atoms with E-state index in [1.54, 1.807) is 6.20 Å². The molecule has 3 aromatic rings. The van der Waals surface area contributed by atoms with E-state index in [-0.39, 0.29) is 0 Å². The number of hydrogen-bond donors (Lipinski definition) is 1. The highest BCUT2D eigenvalue weighted by Gasteiger charge is 2.25. The molecule has 6 nitrogen and oxygen atoms in total. The Hall–Kier alpha value is -2.96. The van der Waals surface area contributed by atoms with Gasteiger partial charge in [0.1, 0.15) is 6.26 Å². The first-order valence-corrected chi connectivity index (χ1v) is 8.23. The molecule has 1 aliphatic rings. The minimum atomic E-state index is -0.409. The maximum atomic E-state index is 14.1. The van der Waals surface area contributed by atoms with E-state index in [2.05, 4.69) is 20.3 Å². The van der Waals surface area contributed by atoms with Crippen LogP contribution in [0, 0.1) is 5.82 Å². The summed E-state index contributed by atoms with van der Waals surface area (Å²) in [5, 5.41) is 3.12. The largest absolute Gasteiger partial charge is 0.445 e. The summed E-state index contributed by atoms with van der Waals surface area (Å²) in [4.78, 5) is 14.4. The summed E-state index contributed by atoms with van der Waals surface area (Å²) in [5.41, 5.74) is 1.61. The standard InChI is InChI=1S/C18H18FN5O/c1-24(14-6-3-7-14)16-15(19)11-21-18(23-16)22-13-5-2-4-12(10-13)17-20-8-9-25-17/h2,4-5,8-11,14H,3,6-7H2,1H3,(H,21,22,23). The van der Waals surface area contributed by atoms with Crippen molar-refractivity contribution in [3.8, 4) is 11.5 Å².